The number of ether oxygens (including phenoxy) is 1. The topological polar surface area (TPSA) is 66.5 Å². The molecule has 0 bridgehead atoms. The van der Waals surface area contributed by atoms with Gasteiger partial charge in [0.15, 0.2) is 0 Å². The van der Waals surface area contributed by atoms with Crippen molar-refractivity contribution in [2.45, 2.75) is 26.7 Å². The second-order valence-corrected chi connectivity index (χ2v) is 7.46. The fourth-order valence-electron chi connectivity index (χ4n) is 3.37. The van der Waals surface area contributed by atoms with E-state index in [0.29, 0.717) is 11.6 Å². The van der Waals surface area contributed by atoms with Gasteiger partial charge in [0.1, 0.15) is 5.69 Å². The zero-order valence-electron chi connectivity index (χ0n) is 17.0. The molecule has 2 heterocycles. The Hall–Kier alpha value is -2.44. The van der Waals surface area contributed by atoms with Gasteiger partial charge in [0.25, 0.3) is 5.91 Å². The number of amides is 1. The summed E-state index contributed by atoms with van der Waals surface area (Å²) in [5, 5.41) is 6.45. The standard InChI is InChI=1S/C22H30N4O2/c1-16(2)19-6-4-5-17(3)21(19)25-22(27)20-15-18(7-8-24-20)23-9-10-26-11-13-28-14-12-26/h4-8,15-16H,9-14H2,1-3H3,(H,23,24)(H,25,27). The van der Waals surface area contributed by atoms with Crippen LogP contribution in [-0.4, -0.2) is 55.2 Å². The first kappa shape index (κ1) is 20.3. The number of pyridine rings is 1. The second kappa shape index (κ2) is 9.66. The molecule has 1 aromatic carbocycles. The minimum absolute atomic E-state index is 0.187. The maximum atomic E-state index is 12.8. The van der Waals surface area contributed by atoms with Crippen molar-refractivity contribution < 1.29 is 9.53 Å². The largest absolute Gasteiger partial charge is 0.384 e. The van der Waals surface area contributed by atoms with Gasteiger partial charge < -0.3 is 15.4 Å². The van der Waals surface area contributed by atoms with E-state index in [1.165, 1.54) is 0 Å². The summed E-state index contributed by atoms with van der Waals surface area (Å²) in [6, 6.07) is 9.80. The molecule has 1 fully saturated rings. The van der Waals surface area contributed by atoms with Gasteiger partial charge in [-0.05, 0) is 36.1 Å². The van der Waals surface area contributed by atoms with Gasteiger partial charge >= 0.3 is 0 Å². The molecule has 2 N–H and O–H groups in total. The highest BCUT2D eigenvalue weighted by molar-refractivity contribution is 6.04. The lowest BCUT2D eigenvalue weighted by Gasteiger charge is -2.26. The van der Waals surface area contributed by atoms with Crippen molar-refractivity contribution in [2.24, 2.45) is 0 Å². The number of para-hydroxylation sites is 1. The van der Waals surface area contributed by atoms with E-state index in [1.807, 2.05) is 31.2 Å². The van der Waals surface area contributed by atoms with Crippen molar-refractivity contribution in [3.63, 3.8) is 0 Å². The Morgan fingerprint density at radius 1 is 1.25 bits per heavy atom. The number of carbonyl (C=O) groups excluding carboxylic acids is 1. The number of aryl methyl sites for hydroxylation is 1. The molecule has 28 heavy (non-hydrogen) atoms. The predicted octanol–water partition coefficient (Wildman–Crippen LogP) is 3.51. The molecule has 6 heteroatoms. The highest BCUT2D eigenvalue weighted by Gasteiger charge is 2.15. The zero-order chi connectivity index (χ0) is 19.9. The second-order valence-electron chi connectivity index (χ2n) is 7.46. The van der Waals surface area contributed by atoms with Crippen molar-refractivity contribution >= 4 is 17.3 Å². The van der Waals surface area contributed by atoms with Gasteiger partial charge in [0.05, 0.1) is 13.2 Å². The first-order valence-corrected chi connectivity index (χ1v) is 9.95. The minimum Gasteiger partial charge on any atom is -0.384 e. The van der Waals surface area contributed by atoms with Crippen molar-refractivity contribution in [2.75, 3.05) is 50.0 Å². The van der Waals surface area contributed by atoms with Crippen LogP contribution in [0.15, 0.2) is 36.5 Å². The molecule has 0 radical (unpaired) electrons. The van der Waals surface area contributed by atoms with Crippen molar-refractivity contribution in [3.8, 4) is 0 Å². The Balaban J connectivity index is 1.62. The smallest absolute Gasteiger partial charge is 0.274 e. The van der Waals surface area contributed by atoms with Gasteiger partial charge in [0, 0.05) is 43.8 Å². The van der Waals surface area contributed by atoms with Gasteiger partial charge in [-0.1, -0.05) is 32.0 Å². The van der Waals surface area contributed by atoms with Gasteiger partial charge in [-0.15, -0.1) is 0 Å². The average molecular weight is 383 g/mol. The molecule has 0 aliphatic carbocycles. The molecule has 2 aromatic rings. The van der Waals surface area contributed by atoms with Crippen LogP contribution in [0.2, 0.25) is 0 Å². The SMILES string of the molecule is Cc1cccc(C(C)C)c1NC(=O)c1cc(NCCN2CCOCC2)ccn1. The molecule has 150 valence electrons. The third-order valence-corrected chi connectivity index (χ3v) is 5.02. The molecule has 1 aliphatic rings. The Bertz CT molecular complexity index is 801. The molecule has 0 atom stereocenters. The van der Waals surface area contributed by atoms with E-state index >= 15 is 0 Å². The maximum absolute atomic E-state index is 12.8. The Morgan fingerprint density at radius 2 is 2.04 bits per heavy atom. The zero-order valence-corrected chi connectivity index (χ0v) is 17.0. The van der Waals surface area contributed by atoms with Gasteiger partial charge in [-0.3, -0.25) is 14.7 Å². The summed E-state index contributed by atoms with van der Waals surface area (Å²) in [6.45, 7) is 11.6. The van der Waals surface area contributed by atoms with E-state index < -0.39 is 0 Å². The lowest BCUT2D eigenvalue weighted by molar-refractivity contribution is 0.0398. The summed E-state index contributed by atoms with van der Waals surface area (Å²) < 4.78 is 5.37. The lowest BCUT2D eigenvalue weighted by atomic mass is 9.98. The van der Waals surface area contributed by atoms with Crippen LogP contribution < -0.4 is 10.6 Å². The number of nitrogens with one attached hydrogen (secondary N) is 2. The van der Waals surface area contributed by atoms with Crippen LogP contribution in [-0.2, 0) is 4.74 Å². The van der Waals surface area contributed by atoms with Crippen molar-refractivity contribution in [1.82, 2.24) is 9.88 Å². The van der Waals surface area contributed by atoms with Crippen molar-refractivity contribution in [1.29, 1.82) is 0 Å². The summed E-state index contributed by atoms with van der Waals surface area (Å²) in [6.07, 6.45) is 1.67. The number of hydrogen-bond acceptors (Lipinski definition) is 5. The van der Waals surface area contributed by atoms with Crippen LogP contribution in [0.3, 0.4) is 0 Å². The Morgan fingerprint density at radius 3 is 2.79 bits per heavy atom. The number of nitrogens with zero attached hydrogens (tertiary/aromatic N) is 2. The number of aromatic nitrogens is 1. The molecule has 3 rings (SSSR count). The minimum atomic E-state index is -0.187. The van der Waals surface area contributed by atoms with Crippen LogP contribution in [0.5, 0.6) is 0 Å². The molecular formula is C22H30N4O2. The van der Waals surface area contributed by atoms with Crippen LogP contribution in [0.25, 0.3) is 0 Å². The number of hydrogen-bond donors (Lipinski definition) is 2. The van der Waals surface area contributed by atoms with Crippen LogP contribution in [0.1, 0.15) is 41.4 Å². The quantitative estimate of drug-likeness (QED) is 0.767. The number of morpholine rings is 1. The first-order valence-electron chi connectivity index (χ1n) is 9.95. The summed E-state index contributed by atoms with van der Waals surface area (Å²) in [7, 11) is 0. The number of benzene rings is 1. The van der Waals surface area contributed by atoms with Crippen LogP contribution in [0, 0.1) is 6.92 Å². The third-order valence-electron chi connectivity index (χ3n) is 5.02. The highest BCUT2D eigenvalue weighted by atomic mass is 16.5. The number of anilines is 2. The summed E-state index contributed by atoms with van der Waals surface area (Å²) in [4.78, 5) is 19.4. The molecule has 0 unspecified atom stereocenters. The van der Waals surface area contributed by atoms with Gasteiger partial charge in [-0.2, -0.15) is 0 Å². The predicted molar refractivity (Wildman–Crippen MR) is 113 cm³/mol. The molecule has 0 saturated carbocycles. The lowest BCUT2D eigenvalue weighted by Crippen LogP contribution is -2.39. The molecule has 1 aromatic heterocycles. The fourth-order valence-corrected chi connectivity index (χ4v) is 3.37. The third kappa shape index (κ3) is 5.30. The summed E-state index contributed by atoms with van der Waals surface area (Å²) in [5.74, 6) is 0.143. The summed E-state index contributed by atoms with van der Waals surface area (Å²) >= 11 is 0. The fraction of sp³-hybridized carbons (Fsp3) is 0.455. The molecule has 1 amide bonds. The maximum Gasteiger partial charge on any atom is 0.274 e. The monoisotopic (exact) mass is 382 g/mol. The number of carbonyl (C=O) groups is 1. The number of rotatable bonds is 7. The van der Waals surface area contributed by atoms with E-state index in [9.17, 15) is 4.79 Å². The Kier molecular flexibility index (Phi) is 7.01. The van der Waals surface area contributed by atoms with Crippen LogP contribution >= 0.6 is 0 Å². The van der Waals surface area contributed by atoms with E-state index in [1.54, 1.807) is 6.20 Å². The molecule has 6 nitrogen and oxygen atoms in total. The molecule has 1 saturated heterocycles. The molecule has 0 spiro atoms. The first-order chi connectivity index (χ1) is 13.5. The van der Waals surface area contributed by atoms with Gasteiger partial charge in [-0.25, -0.2) is 0 Å². The van der Waals surface area contributed by atoms with E-state index in [4.69, 9.17) is 4.74 Å². The Labute approximate surface area is 167 Å². The molecular weight excluding hydrogens is 352 g/mol. The van der Waals surface area contributed by atoms with Crippen LogP contribution in [0.4, 0.5) is 11.4 Å². The van der Waals surface area contributed by atoms with E-state index in [-0.39, 0.29) is 5.91 Å². The van der Waals surface area contributed by atoms with E-state index in [2.05, 4.69) is 40.4 Å². The normalized spacial score (nSPS) is 14.9. The van der Waals surface area contributed by atoms with E-state index in [0.717, 1.165) is 61.9 Å². The highest BCUT2D eigenvalue weighted by Crippen LogP contribution is 2.27. The molecule has 1 aliphatic heterocycles. The van der Waals surface area contributed by atoms with Crippen molar-refractivity contribution in [3.05, 3.63) is 53.3 Å². The van der Waals surface area contributed by atoms with Gasteiger partial charge in [0.2, 0.25) is 0 Å². The average Bonchev–Trinajstić information content (AvgIpc) is 2.70. The summed E-state index contributed by atoms with van der Waals surface area (Å²) in [5.41, 5.74) is 4.39.